The predicted molar refractivity (Wildman–Crippen MR) is 56.3 cm³/mol. The van der Waals surface area contributed by atoms with Crippen molar-refractivity contribution in [2.24, 2.45) is 5.73 Å². The molecule has 0 fully saturated rings. The lowest BCUT2D eigenvalue weighted by atomic mass is 10.4. The molecule has 0 bridgehead atoms. The first-order valence-electron chi connectivity index (χ1n) is 5.00. The van der Waals surface area contributed by atoms with Crippen molar-refractivity contribution in [2.45, 2.75) is 26.4 Å². The van der Waals surface area contributed by atoms with Gasteiger partial charge in [-0.3, -0.25) is 10.1 Å². The van der Waals surface area contributed by atoms with Crippen LogP contribution >= 0.6 is 0 Å². The molecule has 0 radical (unpaired) electrons. The molecule has 0 saturated carbocycles. The second kappa shape index (κ2) is 8.19. The fraction of sp³-hybridized carbons (Fsp3) is 0.778. The molecule has 0 heterocycles. The molecule has 0 aliphatic heterocycles. The minimum Gasteiger partial charge on any atom is -0.367 e. The van der Waals surface area contributed by atoms with Gasteiger partial charge in [0.15, 0.2) is 0 Å². The number of nitrogens with two attached hydrogens (primary N) is 1. The highest BCUT2D eigenvalue weighted by atomic mass is 16.5. The van der Waals surface area contributed by atoms with Crippen LogP contribution in [0.1, 0.15) is 20.3 Å². The van der Waals surface area contributed by atoms with Crippen LogP contribution in [-0.4, -0.2) is 37.7 Å². The third-order valence-electron chi connectivity index (χ3n) is 1.69. The molecule has 15 heavy (non-hydrogen) atoms. The van der Waals surface area contributed by atoms with Gasteiger partial charge in [-0.15, -0.1) is 0 Å². The average Bonchev–Trinajstić information content (AvgIpc) is 2.16. The van der Waals surface area contributed by atoms with Crippen molar-refractivity contribution in [1.29, 1.82) is 0 Å². The van der Waals surface area contributed by atoms with Crippen LogP contribution in [0, 0.1) is 0 Å². The molecule has 3 amide bonds. The first-order chi connectivity index (χ1) is 7.07. The molecule has 1 unspecified atom stereocenters. The summed E-state index contributed by atoms with van der Waals surface area (Å²) in [4.78, 5) is 21.5. The van der Waals surface area contributed by atoms with Crippen LogP contribution in [0.5, 0.6) is 0 Å². The number of amides is 3. The van der Waals surface area contributed by atoms with Crippen LogP contribution < -0.4 is 16.4 Å². The zero-order chi connectivity index (χ0) is 11.7. The number of carbonyl (C=O) groups excluding carboxylic acids is 2. The van der Waals surface area contributed by atoms with Gasteiger partial charge < -0.3 is 15.8 Å². The average molecular weight is 217 g/mol. The minimum atomic E-state index is -0.862. The van der Waals surface area contributed by atoms with E-state index in [4.69, 9.17) is 10.5 Å². The quantitative estimate of drug-likeness (QED) is 0.505. The van der Waals surface area contributed by atoms with Gasteiger partial charge in [0.25, 0.3) is 5.91 Å². The largest absolute Gasteiger partial charge is 0.367 e. The summed E-state index contributed by atoms with van der Waals surface area (Å²) in [6.07, 6.45) is 0.387. The van der Waals surface area contributed by atoms with Gasteiger partial charge in [-0.2, -0.15) is 0 Å². The number of ether oxygens (including phenoxy) is 1. The standard InChI is InChI=1S/C9H19N3O3/c1-3-4-11-5-6-15-7(2)8(13)12-9(10)14/h7,11H,3-6H2,1-2H3,(H3,10,12,13,14). The normalized spacial score (nSPS) is 12.1. The maximum absolute atomic E-state index is 11.1. The zero-order valence-electron chi connectivity index (χ0n) is 9.21. The van der Waals surface area contributed by atoms with E-state index in [1.54, 1.807) is 6.92 Å². The molecule has 6 heteroatoms. The van der Waals surface area contributed by atoms with Crippen molar-refractivity contribution in [1.82, 2.24) is 10.6 Å². The molecular formula is C9H19N3O3. The van der Waals surface area contributed by atoms with E-state index in [9.17, 15) is 9.59 Å². The van der Waals surface area contributed by atoms with E-state index in [1.165, 1.54) is 0 Å². The Balaban J connectivity index is 3.51. The third kappa shape index (κ3) is 7.90. The Morgan fingerprint density at radius 1 is 1.40 bits per heavy atom. The van der Waals surface area contributed by atoms with E-state index in [-0.39, 0.29) is 0 Å². The lowest BCUT2D eigenvalue weighted by molar-refractivity contribution is -0.130. The van der Waals surface area contributed by atoms with Gasteiger partial charge in [-0.05, 0) is 19.9 Å². The van der Waals surface area contributed by atoms with E-state index >= 15 is 0 Å². The number of rotatable bonds is 7. The van der Waals surface area contributed by atoms with Crippen molar-refractivity contribution in [3.05, 3.63) is 0 Å². The molecule has 0 aliphatic rings. The topological polar surface area (TPSA) is 93.4 Å². The number of nitrogens with one attached hydrogen (secondary N) is 2. The van der Waals surface area contributed by atoms with Gasteiger partial charge in [0.1, 0.15) is 6.10 Å². The maximum atomic E-state index is 11.1. The van der Waals surface area contributed by atoms with Crippen LogP contribution in [0.15, 0.2) is 0 Å². The van der Waals surface area contributed by atoms with Crippen LogP contribution in [0.25, 0.3) is 0 Å². The Bertz CT molecular complexity index is 209. The Hall–Kier alpha value is -1.14. The number of imide groups is 1. The minimum absolute atomic E-state index is 0.424. The Kier molecular flexibility index (Phi) is 7.57. The number of hydrogen-bond donors (Lipinski definition) is 3. The van der Waals surface area contributed by atoms with Gasteiger partial charge in [0, 0.05) is 6.54 Å². The Labute approximate surface area is 89.5 Å². The summed E-state index contributed by atoms with van der Waals surface area (Å²) in [6.45, 7) is 5.66. The van der Waals surface area contributed by atoms with E-state index in [2.05, 4.69) is 12.2 Å². The highest BCUT2D eigenvalue weighted by molar-refractivity contribution is 5.95. The molecule has 0 aromatic carbocycles. The highest BCUT2D eigenvalue weighted by Crippen LogP contribution is 1.89. The molecule has 0 aromatic rings. The first-order valence-corrected chi connectivity index (χ1v) is 5.00. The second-order valence-electron chi connectivity index (χ2n) is 3.12. The molecule has 4 N–H and O–H groups in total. The smallest absolute Gasteiger partial charge is 0.318 e. The monoisotopic (exact) mass is 217 g/mol. The molecule has 0 aliphatic carbocycles. The summed E-state index contributed by atoms with van der Waals surface area (Å²) in [5.41, 5.74) is 4.79. The number of urea groups is 1. The van der Waals surface area contributed by atoms with E-state index < -0.39 is 18.0 Å². The molecule has 0 saturated heterocycles. The van der Waals surface area contributed by atoms with Crippen LogP contribution in [0.4, 0.5) is 4.79 Å². The predicted octanol–water partition coefficient (Wildman–Crippen LogP) is -0.414. The van der Waals surface area contributed by atoms with Gasteiger partial charge >= 0.3 is 6.03 Å². The molecule has 1 atom stereocenters. The van der Waals surface area contributed by atoms with Crippen molar-refractivity contribution >= 4 is 11.9 Å². The summed E-state index contributed by atoms with van der Waals surface area (Å²) < 4.78 is 5.17. The lowest BCUT2D eigenvalue weighted by Gasteiger charge is -2.11. The summed E-state index contributed by atoms with van der Waals surface area (Å²) in [5, 5.41) is 5.07. The molecule has 0 spiro atoms. The summed E-state index contributed by atoms with van der Waals surface area (Å²) in [6, 6.07) is -0.862. The molecule has 0 aromatic heterocycles. The van der Waals surface area contributed by atoms with Gasteiger partial charge in [-0.25, -0.2) is 4.79 Å². The van der Waals surface area contributed by atoms with Crippen molar-refractivity contribution in [3.63, 3.8) is 0 Å². The number of hydrogen-bond acceptors (Lipinski definition) is 4. The second-order valence-corrected chi connectivity index (χ2v) is 3.12. The fourth-order valence-electron chi connectivity index (χ4n) is 0.908. The molecule has 88 valence electrons. The lowest BCUT2D eigenvalue weighted by Crippen LogP contribution is -2.42. The Morgan fingerprint density at radius 3 is 2.60 bits per heavy atom. The van der Waals surface area contributed by atoms with E-state index in [0.29, 0.717) is 13.2 Å². The summed E-state index contributed by atoms with van der Waals surface area (Å²) >= 11 is 0. The number of primary amides is 1. The molecular weight excluding hydrogens is 198 g/mol. The fourth-order valence-corrected chi connectivity index (χ4v) is 0.908. The van der Waals surface area contributed by atoms with E-state index in [0.717, 1.165) is 13.0 Å². The Morgan fingerprint density at radius 2 is 2.07 bits per heavy atom. The zero-order valence-corrected chi connectivity index (χ0v) is 9.21. The van der Waals surface area contributed by atoms with Crippen LogP contribution in [-0.2, 0) is 9.53 Å². The van der Waals surface area contributed by atoms with Crippen LogP contribution in [0.3, 0.4) is 0 Å². The van der Waals surface area contributed by atoms with Crippen molar-refractivity contribution in [3.8, 4) is 0 Å². The highest BCUT2D eigenvalue weighted by Gasteiger charge is 2.13. The van der Waals surface area contributed by atoms with Crippen molar-refractivity contribution in [2.75, 3.05) is 19.7 Å². The van der Waals surface area contributed by atoms with Gasteiger partial charge in [-0.1, -0.05) is 6.92 Å². The van der Waals surface area contributed by atoms with Gasteiger partial charge in [0.2, 0.25) is 0 Å². The van der Waals surface area contributed by atoms with Crippen LogP contribution in [0.2, 0.25) is 0 Å². The van der Waals surface area contributed by atoms with Crippen molar-refractivity contribution < 1.29 is 14.3 Å². The SMILES string of the molecule is CCCNCCOC(C)C(=O)NC(N)=O. The molecule has 0 rings (SSSR count). The summed E-state index contributed by atoms with van der Waals surface area (Å²) in [5.74, 6) is -0.516. The number of carbonyl (C=O) groups is 2. The maximum Gasteiger partial charge on any atom is 0.318 e. The molecule has 6 nitrogen and oxygen atoms in total. The summed E-state index contributed by atoms with van der Waals surface area (Å²) in [7, 11) is 0. The van der Waals surface area contributed by atoms with Gasteiger partial charge in [0.05, 0.1) is 6.61 Å². The van der Waals surface area contributed by atoms with E-state index in [1.807, 2.05) is 5.32 Å². The first kappa shape index (κ1) is 13.9. The third-order valence-corrected chi connectivity index (χ3v) is 1.69.